The molecule has 9 atom stereocenters. The topological polar surface area (TPSA) is 83.5 Å². The summed E-state index contributed by atoms with van der Waals surface area (Å²) in [7, 11) is 8.52. The Morgan fingerprint density at radius 3 is 2.21 bits per heavy atom. The van der Waals surface area contributed by atoms with Gasteiger partial charge in [0, 0.05) is 17.8 Å². The van der Waals surface area contributed by atoms with Crippen molar-refractivity contribution < 1.29 is 32.9 Å². The molecule has 0 aliphatic carbocycles. The minimum atomic E-state index is -3.92. The fourth-order valence-corrected chi connectivity index (χ4v) is 7.02. The second-order valence-electron chi connectivity index (χ2n) is 9.90. The molecule has 1 N–H and O–H groups in total. The predicted octanol–water partition coefficient (Wildman–Crippen LogP) is 2.93. The average molecular weight is 496 g/mol. The third-order valence-corrected chi connectivity index (χ3v) is 9.28. The second kappa shape index (κ2) is 12.7. The van der Waals surface area contributed by atoms with Crippen LogP contribution in [0.15, 0.2) is 0 Å². The van der Waals surface area contributed by atoms with Crippen LogP contribution < -0.4 is 0 Å². The van der Waals surface area contributed by atoms with Crippen molar-refractivity contribution in [1.29, 1.82) is 0 Å². The molecule has 3 aliphatic heterocycles. The summed E-state index contributed by atoms with van der Waals surface area (Å²) < 4.78 is 42.9. The van der Waals surface area contributed by atoms with Crippen LogP contribution in [0.2, 0.25) is 11.6 Å². The zero-order valence-electron chi connectivity index (χ0n) is 20.7. The molecule has 4 bridgehead atoms. The lowest BCUT2D eigenvalue weighted by Gasteiger charge is -2.24. The maximum absolute atomic E-state index is 13.0. The Morgan fingerprint density at radius 2 is 1.61 bits per heavy atom. The van der Waals surface area contributed by atoms with Crippen LogP contribution in [0, 0.1) is 0 Å². The van der Waals surface area contributed by atoms with Crippen molar-refractivity contribution in [2.75, 3.05) is 12.4 Å². The van der Waals surface area contributed by atoms with Gasteiger partial charge in [0.25, 0.3) is 0 Å². The Hall–Kier alpha value is 0.600. The summed E-state index contributed by atoms with van der Waals surface area (Å²) in [5.41, 5.74) is 0. The van der Waals surface area contributed by atoms with Crippen molar-refractivity contribution in [3.63, 3.8) is 0 Å². The molecule has 0 amide bonds. The molecule has 182 valence electrons. The van der Waals surface area contributed by atoms with Crippen molar-refractivity contribution in [3.05, 3.63) is 0 Å². The second-order valence-corrected chi connectivity index (χ2v) is 13.8. The highest BCUT2D eigenvalue weighted by Crippen LogP contribution is 2.58. The Bertz CT molecular complexity index is 664. The van der Waals surface area contributed by atoms with E-state index < -0.39 is 19.0 Å². The van der Waals surface area contributed by atoms with E-state index in [-0.39, 0.29) is 36.4 Å². The summed E-state index contributed by atoms with van der Waals surface area (Å²) in [6, 6.07) is -0.238. The highest BCUT2D eigenvalue weighted by Gasteiger charge is 2.43. The molecular formula is C20H37B4O7PS. The molecule has 3 fully saturated rings. The quantitative estimate of drug-likeness (QED) is 0.460. The molecule has 0 aromatic rings. The molecule has 33 heavy (non-hydrogen) atoms. The maximum Gasteiger partial charge on any atom is 0.387 e. The van der Waals surface area contributed by atoms with E-state index in [2.05, 4.69) is 42.5 Å². The lowest BCUT2D eigenvalue weighted by Crippen LogP contribution is -2.31. The first-order valence-corrected chi connectivity index (χ1v) is 15.3. The third-order valence-electron chi connectivity index (χ3n) is 6.26. The average Bonchev–Trinajstić information content (AvgIpc) is 3.28. The fraction of sp³-hybridized carbons (Fsp3) is 1.00. The first-order chi connectivity index (χ1) is 15.5. The molecule has 9 unspecified atom stereocenters. The number of rotatable bonds is 5. The highest BCUT2D eigenvalue weighted by atomic mass is 32.7. The smallest absolute Gasteiger partial charge is 0.381 e. The summed E-state index contributed by atoms with van der Waals surface area (Å²) in [5.74, 6) is 0.968. The summed E-state index contributed by atoms with van der Waals surface area (Å²) >= 11 is 0.915. The normalized spacial score (nSPS) is 42.5. The third kappa shape index (κ3) is 8.89. The van der Waals surface area contributed by atoms with Gasteiger partial charge in [0.1, 0.15) is 20.4 Å². The zero-order valence-corrected chi connectivity index (χ0v) is 22.4. The molecule has 13 heteroatoms. The van der Waals surface area contributed by atoms with Gasteiger partial charge in [-0.25, -0.2) is 4.57 Å². The Morgan fingerprint density at radius 1 is 0.970 bits per heavy atom. The Balaban J connectivity index is 1.73. The lowest BCUT2D eigenvalue weighted by molar-refractivity contribution is -0.0424. The number of hydrogen-bond acceptors (Lipinski definition) is 7. The Kier molecular flexibility index (Phi) is 10.9. The van der Waals surface area contributed by atoms with E-state index in [1.807, 2.05) is 27.7 Å². The molecule has 3 heterocycles. The monoisotopic (exact) mass is 496 g/mol. The Labute approximate surface area is 206 Å². The predicted molar refractivity (Wildman–Crippen MR) is 137 cm³/mol. The summed E-state index contributed by atoms with van der Waals surface area (Å²) in [6.45, 7) is 8.68. The minimum absolute atomic E-state index is 0.0405. The minimum Gasteiger partial charge on any atom is -0.381 e. The molecule has 0 saturated carbocycles. The van der Waals surface area contributed by atoms with Crippen LogP contribution in [0.4, 0.5) is 0 Å². The van der Waals surface area contributed by atoms with Gasteiger partial charge in [0.05, 0.1) is 51.5 Å². The molecule has 0 spiro atoms. The molecule has 0 aromatic carbocycles. The lowest BCUT2D eigenvalue weighted by atomic mass is 9.23. The van der Waals surface area contributed by atoms with Crippen molar-refractivity contribution in [3.8, 4) is 0 Å². The summed E-state index contributed by atoms with van der Waals surface area (Å²) in [5, 5.41) is 0. The maximum atomic E-state index is 13.0. The van der Waals surface area contributed by atoms with E-state index >= 15 is 0 Å². The molecule has 4 radical (unpaired) electrons. The van der Waals surface area contributed by atoms with E-state index in [1.165, 1.54) is 0 Å². The molecule has 7 nitrogen and oxygen atoms in total. The summed E-state index contributed by atoms with van der Waals surface area (Å²) in [4.78, 5) is 10.6. The SMILES string of the molecule is CC(C)OCC1OC2[B][B]C(C)C(C)[B][B]C3CC(OC(C)C)C(CSP(=O)(O)OC1C2)O3. The van der Waals surface area contributed by atoms with Gasteiger partial charge in [0.15, 0.2) is 0 Å². The zero-order chi connectivity index (χ0) is 24.2. The van der Waals surface area contributed by atoms with Gasteiger partial charge < -0.3 is 23.8 Å². The van der Waals surface area contributed by atoms with Crippen LogP contribution in [-0.2, 0) is 28.0 Å². The van der Waals surface area contributed by atoms with Gasteiger partial charge >= 0.3 is 6.80 Å². The molecule has 3 saturated heterocycles. The largest absolute Gasteiger partial charge is 0.387 e. The standard InChI is InChI=1S/C20H37B4O7PS/c1-11(2)27-9-17-16-8-20(29-17)24-22-14(6)13(5)21-23-19-7-15(28-12(3)4)18(30-19)10-33-32(25,26)31-16/h11-20H,7-10H2,1-6H3,(H,25,26). The fourth-order valence-electron chi connectivity index (χ4n) is 4.25. The number of hydrogen-bond donors (Lipinski definition) is 1. The van der Waals surface area contributed by atoms with Crippen LogP contribution in [-0.4, -0.2) is 94.6 Å². The van der Waals surface area contributed by atoms with Gasteiger partial charge in [-0.3, -0.25) is 4.52 Å². The first-order valence-electron chi connectivity index (χ1n) is 12.1. The van der Waals surface area contributed by atoms with E-state index in [1.54, 1.807) is 0 Å². The summed E-state index contributed by atoms with van der Waals surface area (Å²) in [6.07, 6.45) is 0.0491. The number of fused-ring (bicyclic) bond motifs is 4. The van der Waals surface area contributed by atoms with Gasteiger partial charge in [-0.15, -0.1) is 0 Å². The van der Waals surface area contributed by atoms with Gasteiger partial charge in [-0.1, -0.05) is 25.5 Å². The van der Waals surface area contributed by atoms with E-state index in [0.29, 0.717) is 30.4 Å². The van der Waals surface area contributed by atoms with Crippen molar-refractivity contribution in [2.24, 2.45) is 0 Å². The van der Waals surface area contributed by atoms with Crippen LogP contribution >= 0.6 is 18.2 Å². The van der Waals surface area contributed by atoms with Gasteiger partial charge in [0.2, 0.25) is 0 Å². The van der Waals surface area contributed by atoms with E-state index in [9.17, 15) is 9.46 Å². The molecule has 3 aliphatic rings. The van der Waals surface area contributed by atoms with Crippen LogP contribution in [0.3, 0.4) is 0 Å². The van der Waals surface area contributed by atoms with Gasteiger partial charge in [-0.2, -0.15) is 0 Å². The first kappa shape index (κ1) is 28.2. The van der Waals surface area contributed by atoms with Crippen molar-refractivity contribution in [1.82, 2.24) is 0 Å². The van der Waals surface area contributed by atoms with Gasteiger partial charge in [-0.05, 0) is 51.9 Å². The van der Waals surface area contributed by atoms with E-state index in [4.69, 9.17) is 23.5 Å². The molecular weight excluding hydrogens is 459 g/mol. The van der Waals surface area contributed by atoms with Crippen molar-refractivity contribution in [2.45, 2.75) is 115 Å². The van der Waals surface area contributed by atoms with Crippen LogP contribution in [0.25, 0.3) is 0 Å². The molecule has 0 aromatic heterocycles. The molecule has 3 rings (SSSR count). The highest BCUT2D eigenvalue weighted by molar-refractivity contribution is 8.54. The number of ether oxygens (including phenoxy) is 4. The van der Waals surface area contributed by atoms with Crippen LogP contribution in [0.5, 0.6) is 0 Å². The van der Waals surface area contributed by atoms with Crippen LogP contribution in [0.1, 0.15) is 54.4 Å². The van der Waals surface area contributed by atoms with Crippen molar-refractivity contribution >= 4 is 46.9 Å². The van der Waals surface area contributed by atoms with E-state index in [0.717, 1.165) is 17.8 Å².